The molecule has 2 aromatic heterocycles. The number of nitrogens with zero attached hydrogens (tertiary/aromatic N) is 5. The summed E-state index contributed by atoms with van der Waals surface area (Å²) in [5.74, 6) is 0.538. The molecule has 1 aromatic carbocycles. The van der Waals surface area contributed by atoms with Gasteiger partial charge in [-0.1, -0.05) is 18.2 Å². The summed E-state index contributed by atoms with van der Waals surface area (Å²) in [4.78, 5) is 19.7. The number of guanidine groups is 1. The lowest BCUT2D eigenvalue weighted by atomic mass is 9.82. The molecule has 4 rings (SSSR count). The first-order valence-electron chi connectivity index (χ1n) is 8.86. The van der Waals surface area contributed by atoms with Crippen LogP contribution in [0, 0.1) is 13.8 Å². The van der Waals surface area contributed by atoms with Gasteiger partial charge in [0.2, 0.25) is 0 Å². The number of nitrogens with two attached hydrogens (primary N) is 1. The Labute approximate surface area is 158 Å². The molecule has 1 unspecified atom stereocenters. The van der Waals surface area contributed by atoms with Gasteiger partial charge in [0.25, 0.3) is 0 Å². The van der Waals surface area contributed by atoms with Crippen molar-refractivity contribution in [1.82, 2.24) is 19.9 Å². The van der Waals surface area contributed by atoms with E-state index in [1.807, 2.05) is 44.3 Å². The van der Waals surface area contributed by atoms with Gasteiger partial charge in [-0.3, -0.25) is 4.98 Å². The molecule has 0 aliphatic carbocycles. The van der Waals surface area contributed by atoms with Crippen molar-refractivity contribution in [3.05, 3.63) is 77.6 Å². The van der Waals surface area contributed by atoms with Crippen molar-refractivity contribution in [2.75, 3.05) is 13.6 Å². The van der Waals surface area contributed by atoms with E-state index in [1.54, 1.807) is 0 Å². The summed E-state index contributed by atoms with van der Waals surface area (Å²) >= 11 is 0. The Balaban J connectivity index is 1.91. The van der Waals surface area contributed by atoms with Crippen LogP contribution in [0.25, 0.3) is 11.1 Å². The monoisotopic (exact) mass is 358 g/mol. The molecule has 1 atom stereocenters. The minimum atomic E-state index is -0.567. The van der Waals surface area contributed by atoms with Gasteiger partial charge in [-0.25, -0.2) is 15.0 Å². The van der Waals surface area contributed by atoms with E-state index in [2.05, 4.69) is 45.3 Å². The molecule has 1 aliphatic heterocycles. The third-order valence-electron chi connectivity index (χ3n) is 4.96. The molecule has 0 radical (unpaired) electrons. The first kappa shape index (κ1) is 17.1. The van der Waals surface area contributed by atoms with E-state index >= 15 is 0 Å². The van der Waals surface area contributed by atoms with Gasteiger partial charge in [-0.2, -0.15) is 0 Å². The molecule has 1 aliphatic rings. The van der Waals surface area contributed by atoms with Gasteiger partial charge in [0.1, 0.15) is 11.9 Å². The maximum absolute atomic E-state index is 6.19. The van der Waals surface area contributed by atoms with Gasteiger partial charge in [-0.15, -0.1) is 0 Å². The number of hydrogen-bond donors (Lipinski definition) is 1. The van der Waals surface area contributed by atoms with E-state index < -0.39 is 5.54 Å². The van der Waals surface area contributed by atoms with Crippen LogP contribution in [0.5, 0.6) is 0 Å². The topological polar surface area (TPSA) is 80.3 Å². The van der Waals surface area contributed by atoms with E-state index in [0.29, 0.717) is 12.5 Å². The van der Waals surface area contributed by atoms with Crippen LogP contribution in [0.3, 0.4) is 0 Å². The fourth-order valence-corrected chi connectivity index (χ4v) is 3.70. The number of aliphatic imine (C=N–C) groups is 1. The second-order valence-electron chi connectivity index (χ2n) is 7.03. The average Bonchev–Trinajstić information content (AvgIpc) is 2.98. The van der Waals surface area contributed by atoms with Crippen molar-refractivity contribution in [2.24, 2.45) is 10.7 Å². The van der Waals surface area contributed by atoms with Crippen molar-refractivity contribution in [2.45, 2.75) is 19.4 Å². The van der Waals surface area contributed by atoms with Crippen molar-refractivity contribution in [1.29, 1.82) is 0 Å². The molecule has 6 nitrogen and oxygen atoms in total. The van der Waals surface area contributed by atoms with Crippen LogP contribution in [-0.2, 0) is 5.54 Å². The Hall–Kier alpha value is -3.28. The number of likely N-dealkylation sites (N-methyl/N-ethyl adjacent to an activating group) is 1. The van der Waals surface area contributed by atoms with Crippen LogP contribution >= 0.6 is 0 Å². The lowest BCUT2D eigenvalue weighted by molar-refractivity contribution is 0.432. The zero-order chi connectivity index (χ0) is 19.0. The predicted molar refractivity (Wildman–Crippen MR) is 106 cm³/mol. The van der Waals surface area contributed by atoms with Crippen molar-refractivity contribution >= 4 is 5.96 Å². The lowest BCUT2D eigenvalue weighted by Crippen LogP contribution is -2.35. The van der Waals surface area contributed by atoms with Gasteiger partial charge in [0.05, 0.1) is 6.54 Å². The van der Waals surface area contributed by atoms with E-state index in [0.717, 1.165) is 33.6 Å². The molecule has 0 saturated carbocycles. The van der Waals surface area contributed by atoms with Crippen LogP contribution in [-0.4, -0.2) is 39.4 Å². The standard InChI is InChI=1S/C21H22N6/c1-14-7-19(8-15(2)25-14)21(12-27(3)20(22)26-21)18-6-4-5-16(9-18)17-10-23-13-24-11-17/h4-11,13H,12H2,1-3H3,(H2,22,26). The quantitative estimate of drug-likeness (QED) is 0.778. The molecule has 0 bridgehead atoms. The van der Waals surface area contributed by atoms with Crippen LogP contribution in [0.2, 0.25) is 0 Å². The molecule has 6 heteroatoms. The number of benzene rings is 1. The smallest absolute Gasteiger partial charge is 0.192 e. The number of hydrogen-bond acceptors (Lipinski definition) is 6. The van der Waals surface area contributed by atoms with Crippen molar-refractivity contribution in [3.8, 4) is 11.1 Å². The van der Waals surface area contributed by atoms with Crippen LogP contribution < -0.4 is 5.73 Å². The molecule has 0 saturated heterocycles. The zero-order valence-electron chi connectivity index (χ0n) is 15.7. The highest BCUT2D eigenvalue weighted by Gasteiger charge is 2.41. The summed E-state index contributed by atoms with van der Waals surface area (Å²) in [6, 6.07) is 12.6. The molecule has 0 spiro atoms. The third-order valence-corrected chi connectivity index (χ3v) is 4.96. The summed E-state index contributed by atoms with van der Waals surface area (Å²) in [7, 11) is 1.97. The van der Waals surface area contributed by atoms with Crippen molar-refractivity contribution in [3.63, 3.8) is 0 Å². The average molecular weight is 358 g/mol. The van der Waals surface area contributed by atoms with Gasteiger partial charge < -0.3 is 10.6 Å². The second-order valence-corrected chi connectivity index (χ2v) is 7.03. The maximum Gasteiger partial charge on any atom is 0.192 e. The van der Waals surface area contributed by atoms with Gasteiger partial charge in [-0.05, 0) is 48.7 Å². The fraction of sp³-hybridized carbons (Fsp3) is 0.238. The molecule has 2 N–H and O–H groups in total. The SMILES string of the molecule is Cc1cc(C2(c3cccc(-c4cncnc4)c3)CN(C)C(N)=N2)cc(C)n1. The molecule has 0 amide bonds. The van der Waals surface area contributed by atoms with Gasteiger partial charge >= 0.3 is 0 Å². The summed E-state index contributed by atoms with van der Waals surface area (Å²) in [5.41, 5.74) is 11.8. The number of aromatic nitrogens is 3. The summed E-state index contributed by atoms with van der Waals surface area (Å²) in [6.07, 6.45) is 5.17. The maximum atomic E-state index is 6.19. The zero-order valence-corrected chi connectivity index (χ0v) is 15.7. The Morgan fingerprint density at radius 1 is 0.963 bits per heavy atom. The summed E-state index contributed by atoms with van der Waals surface area (Å²) in [5, 5.41) is 0. The third kappa shape index (κ3) is 3.03. The van der Waals surface area contributed by atoms with E-state index in [9.17, 15) is 0 Å². The lowest BCUT2D eigenvalue weighted by Gasteiger charge is -2.29. The normalized spacial score (nSPS) is 19.2. The molecule has 3 aromatic rings. The predicted octanol–water partition coefficient (Wildman–Crippen LogP) is 2.66. The van der Waals surface area contributed by atoms with Crippen LogP contribution in [0.1, 0.15) is 22.5 Å². The van der Waals surface area contributed by atoms with E-state index in [4.69, 9.17) is 10.7 Å². The number of pyridine rings is 1. The molecule has 0 fully saturated rings. The van der Waals surface area contributed by atoms with Gasteiger partial charge in [0, 0.05) is 36.4 Å². The molecule has 136 valence electrons. The fourth-order valence-electron chi connectivity index (χ4n) is 3.70. The summed E-state index contributed by atoms with van der Waals surface area (Å²) < 4.78 is 0. The molecule has 27 heavy (non-hydrogen) atoms. The largest absolute Gasteiger partial charge is 0.370 e. The highest BCUT2D eigenvalue weighted by molar-refractivity contribution is 5.81. The summed E-state index contributed by atoms with van der Waals surface area (Å²) in [6.45, 7) is 4.69. The van der Waals surface area contributed by atoms with Gasteiger partial charge in [0.15, 0.2) is 5.96 Å². The first-order chi connectivity index (χ1) is 13.0. The minimum absolute atomic E-state index is 0.538. The van der Waals surface area contributed by atoms with E-state index in [1.165, 1.54) is 6.33 Å². The molecular formula is C21H22N6. The van der Waals surface area contributed by atoms with Crippen molar-refractivity contribution < 1.29 is 0 Å². The Kier molecular flexibility index (Phi) is 4.11. The Morgan fingerprint density at radius 2 is 1.67 bits per heavy atom. The van der Waals surface area contributed by atoms with Crippen LogP contribution in [0.15, 0.2) is 60.1 Å². The Bertz CT molecular complexity index is 994. The highest BCUT2D eigenvalue weighted by atomic mass is 15.3. The Morgan fingerprint density at radius 3 is 2.30 bits per heavy atom. The second kappa shape index (κ2) is 6.46. The minimum Gasteiger partial charge on any atom is -0.370 e. The number of aryl methyl sites for hydroxylation is 2. The molecule has 3 heterocycles. The van der Waals surface area contributed by atoms with Crippen LogP contribution in [0.4, 0.5) is 0 Å². The van der Waals surface area contributed by atoms with E-state index in [-0.39, 0.29) is 0 Å². The molecular weight excluding hydrogens is 336 g/mol. The number of rotatable bonds is 3. The highest BCUT2D eigenvalue weighted by Crippen LogP contribution is 2.39. The first-order valence-corrected chi connectivity index (χ1v) is 8.86.